The van der Waals surface area contributed by atoms with E-state index in [0.29, 0.717) is 18.9 Å². The number of hydrogen-bond acceptors (Lipinski definition) is 3. The van der Waals surface area contributed by atoms with Crippen molar-refractivity contribution in [3.05, 3.63) is 29.8 Å². The molecule has 0 amide bonds. The Labute approximate surface area is 104 Å². The first-order valence-corrected chi connectivity index (χ1v) is 6.44. The summed E-state index contributed by atoms with van der Waals surface area (Å²) >= 11 is 0. The van der Waals surface area contributed by atoms with Crippen molar-refractivity contribution < 1.29 is 17.2 Å². The van der Waals surface area contributed by atoms with Crippen molar-refractivity contribution in [3.63, 3.8) is 0 Å². The topological polar surface area (TPSA) is 60.2 Å². The van der Waals surface area contributed by atoms with Gasteiger partial charge < -0.3 is 5.73 Å². The fourth-order valence-corrected chi connectivity index (χ4v) is 3.27. The molecule has 0 heterocycles. The van der Waals surface area contributed by atoms with E-state index < -0.39 is 27.0 Å². The average molecular weight is 284 g/mol. The molecule has 1 aliphatic carbocycles. The van der Waals surface area contributed by atoms with E-state index in [1.54, 1.807) is 0 Å². The number of sulfone groups is 1. The van der Waals surface area contributed by atoms with Gasteiger partial charge in [-0.25, -0.2) is 17.2 Å². The predicted octanol–water partition coefficient (Wildman–Crippen LogP) is 1.65. The van der Waals surface area contributed by atoms with Crippen LogP contribution >= 0.6 is 12.4 Å². The predicted molar refractivity (Wildman–Crippen MR) is 61.8 cm³/mol. The van der Waals surface area contributed by atoms with E-state index in [4.69, 9.17) is 5.73 Å². The van der Waals surface area contributed by atoms with E-state index in [2.05, 4.69) is 0 Å². The molecule has 2 rings (SSSR count). The van der Waals surface area contributed by atoms with Crippen molar-refractivity contribution in [3.8, 4) is 0 Å². The average Bonchev–Trinajstić information content (AvgIpc) is 2.80. The van der Waals surface area contributed by atoms with E-state index >= 15 is 0 Å². The van der Waals surface area contributed by atoms with Crippen LogP contribution in [-0.2, 0) is 9.84 Å². The van der Waals surface area contributed by atoms with Crippen molar-refractivity contribution in [2.45, 2.75) is 23.3 Å². The lowest BCUT2D eigenvalue weighted by Gasteiger charge is -2.09. The number of nitrogens with two attached hydrogens (primary N) is 1. The Morgan fingerprint density at radius 3 is 2.06 bits per heavy atom. The summed E-state index contributed by atoms with van der Waals surface area (Å²) in [6.07, 6.45) is 1.26. The molecule has 2 N–H and O–H groups in total. The SMILES string of the molecule is Cl.NC1(CS(=O)(=O)c2cc(F)cc(F)c2)CC1. The highest BCUT2D eigenvalue weighted by atomic mass is 35.5. The number of benzene rings is 1. The normalized spacial score (nSPS) is 17.4. The van der Waals surface area contributed by atoms with Gasteiger partial charge in [0.1, 0.15) is 11.6 Å². The van der Waals surface area contributed by atoms with Gasteiger partial charge >= 0.3 is 0 Å². The van der Waals surface area contributed by atoms with Crippen molar-refractivity contribution in [1.82, 2.24) is 0 Å². The second kappa shape index (κ2) is 4.51. The van der Waals surface area contributed by atoms with Crippen LogP contribution in [-0.4, -0.2) is 19.7 Å². The van der Waals surface area contributed by atoms with E-state index in [1.165, 1.54) is 0 Å². The summed E-state index contributed by atoms with van der Waals surface area (Å²) in [6, 6.07) is 2.25. The molecule has 7 heteroatoms. The molecule has 0 bridgehead atoms. The van der Waals surface area contributed by atoms with Gasteiger partial charge in [0.15, 0.2) is 9.84 Å². The summed E-state index contributed by atoms with van der Waals surface area (Å²) in [5, 5.41) is 0. The van der Waals surface area contributed by atoms with Crippen molar-refractivity contribution in [2.24, 2.45) is 5.73 Å². The van der Waals surface area contributed by atoms with Crippen molar-refractivity contribution in [1.29, 1.82) is 0 Å². The van der Waals surface area contributed by atoms with E-state index in [0.717, 1.165) is 12.1 Å². The lowest BCUT2D eigenvalue weighted by Crippen LogP contribution is -2.31. The highest BCUT2D eigenvalue weighted by Gasteiger charge is 2.42. The van der Waals surface area contributed by atoms with Gasteiger partial charge in [0, 0.05) is 11.6 Å². The second-order valence-corrected chi connectivity index (χ2v) is 6.22. The van der Waals surface area contributed by atoms with Crippen LogP contribution in [0.4, 0.5) is 8.78 Å². The van der Waals surface area contributed by atoms with Crippen molar-refractivity contribution in [2.75, 3.05) is 5.75 Å². The van der Waals surface area contributed by atoms with Crippen LogP contribution in [0.1, 0.15) is 12.8 Å². The third-order valence-corrected chi connectivity index (χ3v) is 4.47. The van der Waals surface area contributed by atoms with Crippen LogP contribution in [0.25, 0.3) is 0 Å². The quantitative estimate of drug-likeness (QED) is 0.918. The van der Waals surface area contributed by atoms with Crippen LogP contribution in [0.2, 0.25) is 0 Å². The summed E-state index contributed by atoms with van der Waals surface area (Å²) in [6.45, 7) is 0. The van der Waals surface area contributed by atoms with Gasteiger partial charge in [-0.2, -0.15) is 0 Å². The van der Waals surface area contributed by atoms with Gasteiger partial charge in [-0.05, 0) is 25.0 Å². The fraction of sp³-hybridized carbons (Fsp3) is 0.400. The molecule has 0 radical (unpaired) electrons. The Kier molecular flexibility index (Phi) is 3.81. The summed E-state index contributed by atoms with van der Waals surface area (Å²) in [5.74, 6) is -2.07. The van der Waals surface area contributed by atoms with Crippen molar-refractivity contribution >= 4 is 22.2 Å². The zero-order valence-electron chi connectivity index (χ0n) is 8.82. The molecule has 1 aliphatic rings. The molecule has 1 saturated carbocycles. The fourth-order valence-electron chi connectivity index (χ4n) is 1.47. The molecule has 1 aromatic carbocycles. The third-order valence-electron chi connectivity index (χ3n) is 2.56. The van der Waals surface area contributed by atoms with Gasteiger partial charge in [0.05, 0.1) is 10.6 Å². The van der Waals surface area contributed by atoms with Gasteiger partial charge in [-0.3, -0.25) is 0 Å². The smallest absolute Gasteiger partial charge is 0.180 e. The molecular formula is C10H12ClF2NO2S. The van der Waals surface area contributed by atoms with Crippen LogP contribution in [0.5, 0.6) is 0 Å². The summed E-state index contributed by atoms with van der Waals surface area (Å²) < 4.78 is 49.3. The highest BCUT2D eigenvalue weighted by Crippen LogP contribution is 2.35. The van der Waals surface area contributed by atoms with Crippen LogP contribution in [0.15, 0.2) is 23.1 Å². The molecule has 17 heavy (non-hydrogen) atoms. The Balaban J connectivity index is 0.00000144. The first-order chi connectivity index (χ1) is 7.31. The molecule has 96 valence electrons. The minimum absolute atomic E-state index is 0. The Morgan fingerprint density at radius 1 is 1.18 bits per heavy atom. The Hall–Kier alpha value is -0.720. The molecule has 0 atom stereocenters. The second-order valence-electron chi connectivity index (χ2n) is 4.23. The van der Waals surface area contributed by atoms with Crippen LogP contribution in [0, 0.1) is 11.6 Å². The minimum Gasteiger partial charge on any atom is -0.324 e. The standard InChI is InChI=1S/C10H11F2NO2S.ClH/c11-7-3-8(12)5-9(4-7)16(14,15)6-10(13)1-2-10;/h3-5H,1-2,6,13H2;1H. The summed E-state index contributed by atoms with van der Waals surface area (Å²) in [5.41, 5.74) is 4.97. The molecule has 0 aromatic heterocycles. The Bertz CT molecular complexity index is 509. The van der Waals surface area contributed by atoms with Gasteiger partial charge in [0.25, 0.3) is 0 Å². The zero-order chi connectivity index (χ0) is 12.0. The monoisotopic (exact) mass is 283 g/mol. The number of rotatable bonds is 3. The maximum Gasteiger partial charge on any atom is 0.180 e. The molecule has 3 nitrogen and oxygen atoms in total. The van der Waals surface area contributed by atoms with Crippen LogP contribution in [0.3, 0.4) is 0 Å². The molecule has 0 saturated heterocycles. The van der Waals surface area contributed by atoms with Gasteiger partial charge in [-0.15, -0.1) is 12.4 Å². The molecule has 0 spiro atoms. The summed E-state index contributed by atoms with van der Waals surface area (Å²) in [4.78, 5) is -0.346. The lowest BCUT2D eigenvalue weighted by molar-refractivity contribution is 0.563. The minimum atomic E-state index is -3.71. The summed E-state index contributed by atoms with van der Waals surface area (Å²) in [7, 11) is -3.71. The maximum absolute atomic E-state index is 12.9. The molecule has 1 aromatic rings. The lowest BCUT2D eigenvalue weighted by atomic mass is 10.3. The molecule has 0 unspecified atom stereocenters. The van der Waals surface area contributed by atoms with Crippen LogP contribution < -0.4 is 5.73 Å². The molecule has 0 aliphatic heterocycles. The van der Waals surface area contributed by atoms with E-state index in [1.807, 2.05) is 0 Å². The molecular weight excluding hydrogens is 272 g/mol. The van der Waals surface area contributed by atoms with E-state index in [9.17, 15) is 17.2 Å². The first-order valence-electron chi connectivity index (χ1n) is 4.79. The number of hydrogen-bond donors (Lipinski definition) is 1. The number of halogens is 3. The van der Waals surface area contributed by atoms with E-state index in [-0.39, 0.29) is 23.1 Å². The molecule has 1 fully saturated rings. The third kappa shape index (κ3) is 3.37. The largest absolute Gasteiger partial charge is 0.324 e. The zero-order valence-corrected chi connectivity index (χ0v) is 10.5. The Morgan fingerprint density at radius 2 is 1.65 bits per heavy atom. The van der Waals surface area contributed by atoms with Gasteiger partial charge in [0.2, 0.25) is 0 Å². The maximum atomic E-state index is 12.9. The van der Waals surface area contributed by atoms with Gasteiger partial charge in [-0.1, -0.05) is 0 Å². The highest BCUT2D eigenvalue weighted by molar-refractivity contribution is 7.91. The first kappa shape index (κ1) is 14.3.